The van der Waals surface area contributed by atoms with Gasteiger partial charge in [-0.1, -0.05) is 48.1 Å². The fraction of sp³-hybridized carbons (Fsp3) is 0.190. The number of nitrogens with zero attached hydrogens (tertiary/aromatic N) is 2. The first kappa shape index (κ1) is 16.7. The predicted molar refractivity (Wildman–Crippen MR) is 107 cm³/mol. The quantitative estimate of drug-likeness (QED) is 0.747. The van der Waals surface area contributed by atoms with E-state index < -0.39 is 0 Å². The first-order chi connectivity index (χ1) is 12.7. The monoisotopic (exact) mass is 361 g/mol. The van der Waals surface area contributed by atoms with E-state index in [0.29, 0.717) is 5.69 Å². The third-order valence-corrected chi connectivity index (χ3v) is 5.72. The van der Waals surface area contributed by atoms with Crippen LogP contribution < -0.4 is 5.32 Å². The van der Waals surface area contributed by atoms with Crippen molar-refractivity contribution >= 4 is 27.3 Å². The van der Waals surface area contributed by atoms with Gasteiger partial charge in [0.25, 0.3) is 5.91 Å². The number of aryl methyl sites for hydroxylation is 1. The van der Waals surface area contributed by atoms with Gasteiger partial charge in [-0.2, -0.15) is 5.10 Å². The molecule has 130 valence electrons. The number of carbonyl (C=O) groups excluding carboxylic acids is 1. The number of aromatic nitrogens is 2. The second kappa shape index (κ2) is 6.84. The van der Waals surface area contributed by atoms with Crippen LogP contribution in [0.15, 0.2) is 54.1 Å². The molecular formula is C21H19N3OS. The van der Waals surface area contributed by atoms with E-state index >= 15 is 0 Å². The minimum Gasteiger partial charge on any atom is -0.354 e. The van der Waals surface area contributed by atoms with Crippen molar-refractivity contribution in [3.8, 4) is 10.4 Å². The fourth-order valence-electron chi connectivity index (χ4n) is 3.08. The van der Waals surface area contributed by atoms with Crippen LogP contribution in [0.1, 0.15) is 28.2 Å². The van der Waals surface area contributed by atoms with Gasteiger partial charge in [-0.05, 0) is 30.5 Å². The van der Waals surface area contributed by atoms with E-state index in [0.717, 1.165) is 39.1 Å². The van der Waals surface area contributed by atoms with Gasteiger partial charge in [-0.25, -0.2) is 0 Å². The summed E-state index contributed by atoms with van der Waals surface area (Å²) >= 11 is 1.60. The van der Waals surface area contributed by atoms with Gasteiger partial charge in [0.1, 0.15) is 0 Å². The van der Waals surface area contributed by atoms with Crippen LogP contribution in [0, 0.1) is 6.92 Å². The summed E-state index contributed by atoms with van der Waals surface area (Å²) in [6.45, 7) is 2.08. The summed E-state index contributed by atoms with van der Waals surface area (Å²) in [4.78, 5) is 13.4. The van der Waals surface area contributed by atoms with Gasteiger partial charge >= 0.3 is 0 Å². The third-order valence-electron chi connectivity index (χ3n) is 4.53. The number of allylic oxidation sites excluding steroid dienone is 4. The zero-order valence-corrected chi connectivity index (χ0v) is 15.6. The molecule has 0 atom stereocenters. The number of benzene rings is 1. The smallest absolute Gasteiger partial charge is 0.273 e. The molecule has 1 aliphatic carbocycles. The Labute approximate surface area is 156 Å². The van der Waals surface area contributed by atoms with Crippen LogP contribution in [-0.2, 0) is 6.42 Å². The standard InChI is InChI=1S/C21H19N3OS/c1-13-7-9-15(10-8-13)18-12-16-17(11-14-5-3-4-6-14)23-24-19(20(16)26-18)21(25)22-2/h3,5-10,12H,4,11H2,1-2H3,(H,22,25). The van der Waals surface area contributed by atoms with Gasteiger partial charge in [0.15, 0.2) is 5.69 Å². The van der Waals surface area contributed by atoms with E-state index in [1.165, 1.54) is 11.1 Å². The number of hydrogen-bond acceptors (Lipinski definition) is 4. The highest BCUT2D eigenvalue weighted by Gasteiger charge is 2.19. The molecule has 26 heavy (non-hydrogen) atoms. The average Bonchev–Trinajstić information content (AvgIpc) is 3.32. The third kappa shape index (κ3) is 3.06. The lowest BCUT2D eigenvalue weighted by Gasteiger charge is -2.04. The molecule has 0 aliphatic heterocycles. The number of thiophene rings is 1. The Bertz CT molecular complexity index is 1050. The molecule has 4 nitrogen and oxygen atoms in total. The first-order valence-electron chi connectivity index (χ1n) is 8.59. The van der Waals surface area contributed by atoms with Crippen molar-refractivity contribution in [2.45, 2.75) is 19.8 Å². The molecular weight excluding hydrogens is 342 g/mol. The van der Waals surface area contributed by atoms with Crippen molar-refractivity contribution in [3.63, 3.8) is 0 Å². The van der Waals surface area contributed by atoms with Crippen LogP contribution in [0.3, 0.4) is 0 Å². The van der Waals surface area contributed by atoms with Crippen molar-refractivity contribution in [1.82, 2.24) is 15.5 Å². The first-order valence-corrected chi connectivity index (χ1v) is 9.41. The molecule has 3 aromatic rings. The zero-order chi connectivity index (χ0) is 18.1. The normalized spacial score (nSPS) is 13.2. The van der Waals surface area contributed by atoms with Gasteiger partial charge < -0.3 is 5.32 Å². The van der Waals surface area contributed by atoms with Crippen molar-refractivity contribution in [2.75, 3.05) is 7.05 Å². The highest BCUT2D eigenvalue weighted by molar-refractivity contribution is 7.22. The number of hydrogen-bond donors (Lipinski definition) is 1. The molecule has 1 amide bonds. The van der Waals surface area contributed by atoms with Crippen LogP contribution in [0.25, 0.3) is 20.5 Å². The van der Waals surface area contributed by atoms with Crippen LogP contribution in [0.5, 0.6) is 0 Å². The maximum absolute atomic E-state index is 12.2. The van der Waals surface area contributed by atoms with E-state index in [2.05, 4.69) is 71.0 Å². The second-order valence-electron chi connectivity index (χ2n) is 6.39. The van der Waals surface area contributed by atoms with E-state index in [4.69, 9.17) is 0 Å². The van der Waals surface area contributed by atoms with E-state index in [9.17, 15) is 4.79 Å². The molecule has 0 spiro atoms. The van der Waals surface area contributed by atoms with E-state index in [1.807, 2.05) is 0 Å². The minimum atomic E-state index is -0.202. The number of amides is 1. The molecule has 0 saturated heterocycles. The molecule has 0 unspecified atom stereocenters. The predicted octanol–water partition coefficient (Wildman–Crippen LogP) is 4.46. The van der Waals surface area contributed by atoms with Gasteiger partial charge in [0, 0.05) is 23.7 Å². The maximum atomic E-state index is 12.2. The molecule has 0 saturated carbocycles. The summed E-state index contributed by atoms with van der Waals surface area (Å²) in [5, 5.41) is 12.3. The van der Waals surface area contributed by atoms with Crippen molar-refractivity contribution in [1.29, 1.82) is 0 Å². The Balaban J connectivity index is 1.86. The molecule has 4 rings (SSSR count). The molecule has 1 N–H and O–H groups in total. The Morgan fingerprint density at radius 2 is 2.04 bits per heavy atom. The molecule has 2 aromatic heterocycles. The summed E-state index contributed by atoms with van der Waals surface area (Å²) in [5.41, 5.74) is 4.93. The molecule has 5 heteroatoms. The van der Waals surface area contributed by atoms with Crippen LogP contribution in [0.2, 0.25) is 0 Å². The summed E-state index contributed by atoms with van der Waals surface area (Å²) in [6.07, 6.45) is 8.18. The molecule has 0 radical (unpaired) electrons. The molecule has 0 bridgehead atoms. The second-order valence-corrected chi connectivity index (χ2v) is 7.44. The largest absolute Gasteiger partial charge is 0.354 e. The average molecular weight is 361 g/mol. The Hall–Kier alpha value is -2.79. The van der Waals surface area contributed by atoms with Crippen molar-refractivity contribution < 1.29 is 4.79 Å². The highest BCUT2D eigenvalue weighted by atomic mass is 32.1. The van der Waals surface area contributed by atoms with Gasteiger partial charge in [0.05, 0.1) is 10.4 Å². The van der Waals surface area contributed by atoms with Crippen molar-refractivity contribution in [2.24, 2.45) is 0 Å². The van der Waals surface area contributed by atoms with Crippen molar-refractivity contribution in [3.05, 3.63) is 71.1 Å². The summed E-state index contributed by atoms with van der Waals surface area (Å²) in [6, 6.07) is 10.6. The summed E-state index contributed by atoms with van der Waals surface area (Å²) in [7, 11) is 1.62. The SMILES string of the molecule is CNC(=O)c1nnc(CC2=CCC=C2)c2cc(-c3ccc(C)cc3)sc12. The number of fused-ring (bicyclic) bond motifs is 1. The number of nitrogens with one attached hydrogen (secondary N) is 1. The lowest BCUT2D eigenvalue weighted by molar-refractivity contribution is 0.0959. The van der Waals surface area contributed by atoms with Crippen LogP contribution in [-0.4, -0.2) is 23.2 Å². The summed E-state index contributed by atoms with van der Waals surface area (Å²) < 4.78 is 0.896. The Kier molecular flexibility index (Phi) is 4.39. The maximum Gasteiger partial charge on any atom is 0.273 e. The molecule has 1 aromatic carbocycles. The molecule has 2 heterocycles. The van der Waals surface area contributed by atoms with Gasteiger partial charge in [0.2, 0.25) is 0 Å². The fourth-order valence-corrected chi connectivity index (χ4v) is 4.25. The topological polar surface area (TPSA) is 54.9 Å². The highest BCUT2D eigenvalue weighted by Crippen LogP contribution is 2.36. The van der Waals surface area contributed by atoms with Gasteiger partial charge in [-0.15, -0.1) is 16.4 Å². The molecule has 1 aliphatic rings. The molecule has 0 fully saturated rings. The lowest BCUT2D eigenvalue weighted by atomic mass is 10.1. The van der Waals surface area contributed by atoms with Crippen LogP contribution >= 0.6 is 11.3 Å². The zero-order valence-electron chi connectivity index (χ0n) is 14.7. The minimum absolute atomic E-state index is 0.202. The Morgan fingerprint density at radius 1 is 1.23 bits per heavy atom. The van der Waals surface area contributed by atoms with E-state index in [-0.39, 0.29) is 5.91 Å². The number of carbonyl (C=O) groups is 1. The summed E-state index contributed by atoms with van der Waals surface area (Å²) in [5.74, 6) is -0.202. The lowest BCUT2D eigenvalue weighted by Crippen LogP contribution is -2.20. The van der Waals surface area contributed by atoms with Crippen LogP contribution in [0.4, 0.5) is 0 Å². The van der Waals surface area contributed by atoms with Gasteiger partial charge in [-0.3, -0.25) is 4.79 Å². The van der Waals surface area contributed by atoms with E-state index in [1.54, 1.807) is 18.4 Å². The number of rotatable bonds is 4. The Morgan fingerprint density at radius 3 is 2.73 bits per heavy atom.